The summed E-state index contributed by atoms with van der Waals surface area (Å²) in [5.74, 6) is 0. The van der Waals surface area contributed by atoms with Crippen molar-refractivity contribution in [2.75, 3.05) is 26.8 Å². The van der Waals surface area contributed by atoms with Crippen LogP contribution in [-0.4, -0.2) is 26.8 Å². The Morgan fingerprint density at radius 1 is 1.27 bits per heavy atom. The molecule has 1 N–H and O–H groups in total. The molecular formula is C13H27NO. The summed E-state index contributed by atoms with van der Waals surface area (Å²) in [7, 11) is 1.81. The summed E-state index contributed by atoms with van der Waals surface area (Å²) >= 11 is 0. The summed E-state index contributed by atoms with van der Waals surface area (Å²) in [5, 5.41) is 3.62. The van der Waals surface area contributed by atoms with Gasteiger partial charge in [-0.3, -0.25) is 0 Å². The molecule has 0 heterocycles. The van der Waals surface area contributed by atoms with Crippen LogP contribution in [0.3, 0.4) is 0 Å². The lowest BCUT2D eigenvalue weighted by Crippen LogP contribution is -2.33. The normalized spacial score (nSPS) is 19.6. The molecule has 1 fully saturated rings. The van der Waals surface area contributed by atoms with E-state index in [4.69, 9.17) is 4.74 Å². The molecule has 0 saturated heterocycles. The molecule has 2 heteroatoms. The minimum Gasteiger partial charge on any atom is -0.385 e. The average Bonchev–Trinajstić information content (AvgIpc) is 2.71. The van der Waals surface area contributed by atoms with Crippen molar-refractivity contribution in [3.63, 3.8) is 0 Å². The molecule has 0 spiro atoms. The molecule has 15 heavy (non-hydrogen) atoms. The predicted molar refractivity (Wildman–Crippen MR) is 65.2 cm³/mol. The molecule has 90 valence electrons. The maximum absolute atomic E-state index is 5.23. The number of hydrogen-bond donors (Lipinski definition) is 1. The smallest absolute Gasteiger partial charge is 0.0468 e. The van der Waals surface area contributed by atoms with Crippen molar-refractivity contribution in [1.82, 2.24) is 5.32 Å². The van der Waals surface area contributed by atoms with Crippen molar-refractivity contribution < 1.29 is 4.74 Å². The fourth-order valence-electron chi connectivity index (χ4n) is 2.61. The molecule has 1 aliphatic rings. The summed E-state index contributed by atoms with van der Waals surface area (Å²) in [6.07, 6.45) is 9.46. The van der Waals surface area contributed by atoms with E-state index in [1.54, 1.807) is 0 Å². The first-order valence-corrected chi connectivity index (χ1v) is 6.53. The topological polar surface area (TPSA) is 21.3 Å². The van der Waals surface area contributed by atoms with Crippen LogP contribution in [0.5, 0.6) is 0 Å². The lowest BCUT2D eigenvalue weighted by Gasteiger charge is -2.29. The number of ether oxygens (including phenoxy) is 1. The minimum absolute atomic E-state index is 0.559. The fraction of sp³-hybridized carbons (Fsp3) is 1.00. The maximum atomic E-state index is 5.23. The molecule has 1 rings (SSSR count). The first-order chi connectivity index (χ1) is 7.33. The zero-order valence-electron chi connectivity index (χ0n) is 10.5. The number of hydrogen-bond acceptors (Lipinski definition) is 2. The number of methoxy groups -OCH3 is 1. The molecular weight excluding hydrogens is 186 g/mol. The molecule has 0 unspecified atom stereocenters. The molecule has 1 aliphatic carbocycles. The Morgan fingerprint density at radius 3 is 2.60 bits per heavy atom. The van der Waals surface area contributed by atoms with Crippen LogP contribution in [0, 0.1) is 5.41 Å². The van der Waals surface area contributed by atoms with Gasteiger partial charge >= 0.3 is 0 Å². The summed E-state index contributed by atoms with van der Waals surface area (Å²) in [6, 6.07) is 0. The van der Waals surface area contributed by atoms with Gasteiger partial charge in [-0.05, 0) is 37.6 Å². The highest BCUT2D eigenvalue weighted by Crippen LogP contribution is 2.40. The van der Waals surface area contributed by atoms with E-state index in [-0.39, 0.29) is 0 Å². The summed E-state index contributed by atoms with van der Waals surface area (Å²) in [4.78, 5) is 0. The van der Waals surface area contributed by atoms with Gasteiger partial charge in [-0.1, -0.05) is 26.2 Å². The van der Waals surface area contributed by atoms with Crippen molar-refractivity contribution in [2.45, 2.75) is 51.9 Å². The summed E-state index contributed by atoms with van der Waals surface area (Å²) in [5.41, 5.74) is 0.559. The summed E-state index contributed by atoms with van der Waals surface area (Å²) < 4.78 is 5.23. The molecule has 0 aliphatic heterocycles. The Labute approximate surface area is 94.8 Å². The van der Waals surface area contributed by atoms with Crippen molar-refractivity contribution in [3.8, 4) is 0 Å². The highest BCUT2D eigenvalue weighted by atomic mass is 16.5. The zero-order chi connectivity index (χ0) is 11.0. The number of unbranched alkanes of at least 4 members (excludes halogenated alkanes) is 1. The third kappa shape index (κ3) is 4.52. The first kappa shape index (κ1) is 13.0. The van der Waals surface area contributed by atoms with Crippen molar-refractivity contribution >= 4 is 0 Å². The van der Waals surface area contributed by atoms with E-state index in [1.807, 2.05) is 7.11 Å². The van der Waals surface area contributed by atoms with E-state index in [2.05, 4.69) is 12.2 Å². The van der Waals surface area contributed by atoms with Crippen LogP contribution in [0.25, 0.3) is 0 Å². The van der Waals surface area contributed by atoms with E-state index in [0.29, 0.717) is 5.41 Å². The van der Waals surface area contributed by atoms with Crippen molar-refractivity contribution in [2.24, 2.45) is 5.41 Å². The quantitative estimate of drug-likeness (QED) is 0.626. The Balaban J connectivity index is 2.23. The second-order valence-corrected chi connectivity index (χ2v) is 4.98. The molecule has 0 bridgehead atoms. The van der Waals surface area contributed by atoms with E-state index in [1.165, 1.54) is 58.0 Å². The molecule has 0 aromatic carbocycles. The maximum Gasteiger partial charge on any atom is 0.0468 e. The molecule has 0 radical (unpaired) electrons. The zero-order valence-corrected chi connectivity index (χ0v) is 10.5. The van der Waals surface area contributed by atoms with Gasteiger partial charge in [-0.25, -0.2) is 0 Å². The third-order valence-corrected chi connectivity index (χ3v) is 3.71. The minimum atomic E-state index is 0.559. The van der Waals surface area contributed by atoms with Gasteiger partial charge in [0, 0.05) is 20.3 Å². The molecule has 1 saturated carbocycles. The van der Waals surface area contributed by atoms with Gasteiger partial charge < -0.3 is 10.1 Å². The monoisotopic (exact) mass is 213 g/mol. The second-order valence-electron chi connectivity index (χ2n) is 4.98. The molecule has 0 aromatic rings. The SMILES string of the molecule is CCCCNCC1(CCOC)CCCC1. The molecule has 0 atom stereocenters. The molecule has 2 nitrogen and oxygen atoms in total. The second kappa shape index (κ2) is 7.24. The van der Waals surface area contributed by atoms with E-state index < -0.39 is 0 Å². The van der Waals surface area contributed by atoms with Gasteiger partial charge in [0.15, 0.2) is 0 Å². The van der Waals surface area contributed by atoms with Crippen LogP contribution in [-0.2, 0) is 4.74 Å². The average molecular weight is 213 g/mol. The number of rotatable bonds is 8. The van der Waals surface area contributed by atoms with Gasteiger partial charge in [0.05, 0.1) is 0 Å². The predicted octanol–water partition coefficient (Wildman–Crippen LogP) is 2.97. The third-order valence-electron chi connectivity index (χ3n) is 3.71. The number of nitrogens with one attached hydrogen (secondary N) is 1. The van der Waals surface area contributed by atoms with Gasteiger partial charge in [0.25, 0.3) is 0 Å². The van der Waals surface area contributed by atoms with Gasteiger partial charge in [-0.2, -0.15) is 0 Å². The van der Waals surface area contributed by atoms with Crippen molar-refractivity contribution in [3.05, 3.63) is 0 Å². The van der Waals surface area contributed by atoms with E-state index in [9.17, 15) is 0 Å². The Morgan fingerprint density at radius 2 is 2.00 bits per heavy atom. The lowest BCUT2D eigenvalue weighted by molar-refractivity contribution is 0.135. The van der Waals surface area contributed by atoms with E-state index in [0.717, 1.165) is 6.61 Å². The first-order valence-electron chi connectivity index (χ1n) is 6.53. The van der Waals surface area contributed by atoms with Crippen LogP contribution < -0.4 is 5.32 Å². The highest BCUT2D eigenvalue weighted by molar-refractivity contribution is 4.86. The molecule has 0 amide bonds. The van der Waals surface area contributed by atoms with Crippen LogP contribution >= 0.6 is 0 Å². The van der Waals surface area contributed by atoms with Gasteiger partial charge in [0.1, 0.15) is 0 Å². The van der Waals surface area contributed by atoms with Crippen molar-refractivity contribution in [1.29, 1.82) is 0 Å². The van der Waals surface area contributed by atoms with Gasteiger partial charge in [-0.15, -0.1) is 0 Å². The Hall–Kier alpha value is -0.0800. The Bertz CT molecular complexity index is 153. The lowest BCUT2D eigenvalue weighted by atomic mass is 9.83. The van der Waals surface area contributed by atoms with Crippen LogP contribution in [0.2, 0.25) is 0 Å². The fourth-order valence-corrected chi connectivity index (χ4v) is 2.61. The largest absolute Gasteiger partial charge is 0.385 e. The standard InChI is InChI=1S/C13H27NO/c1-3-4-10-14-12-13(9-11-15-2)7-5-6-8-13/h14H,3-12H2,1-2H3. The van der Waals surface area contributed by atoms with Crippen LogP contribution in [0.15, 0.2) is 0 Å². The van der Waals surface area contributed by atoms with Crippen LogP contribution in [0.4, 0.5) is 0 Å². The van der Waals surface area contributed by atoms with E-state index >= 15 is 0 Å². The highest BCUT2D eigenvalue weighted by Gasteiger charge is 2.32. The summed E-state index contributed by atoms with van der Waals surface area (Å²) in [6.45, 7) is 5.56. The Kier molecular flexibility index (Phi) is 6.26. The molecule has 0 aromatic heterocycles. The van der Waals surface area contributed by atoms with Crippen LogP contribution in [0.1, 0.15) is 51.9 Å². The van der Waals surface area contributed by atoms with Gasteiger partial charge in [0.2, 0.25) is 0 Å².